The summed E-state index contributed by atoms with van der Waals surface area (Å²) in [5, 5.41) is 6.66. The number of rotatable bonds is 4. The highest BCUT2D eigenvalue weighted by molar-refractivity contribution is 6.00. The Morgan fingerprint density at radius 1 is 1.42 bits per heavy atom. The van der Waals surface area contributed by atoms with Crippen LogP contribution in [0.2, 0.25) is 0 Å². The van der Waals surface area contributed by atoms with E-state index < -0.39 is 17.9 Å². The summed E-state index contributed by atoms with van der Waals surface area (Å²) in [4.78, 5) is 30.1. The maximum atomic E-state index is 14.0. The third kappa shape index (κ3) is 3.12. The number of hydrogen-bond acceptors (Lipinski definition) is 4. The summed E-state index contributed by atoms with van der Waals surface area (Å²) in [5.41, 5.74) is 0.241. The van der Waals surface area contributed by atoms with Crippen LogP contribution in [0.15, 0.2) is 36.9 Å². The van der Waals surface area contributed by atoms with Gasteiger partial charge in [0.05, 0.1) is 5.69 Å². The molecule has 3 rings (SSSR count). The number of hydrogen-bond donors (Lipinski definition) is 1. The molecule has 0 radical (unpaired) electrons. The maximum absolute atomic E-state index is 14.0. The van der Waals surface area contributed by atoms with Gasteiger partial charge >= 0.3 is 0 Å². The van der Waals surface area contributed by atoms with Crippen LogP contribution in [-0.2, 0) is 9.59 Å². The highest BCUT2D eigenvalue weighted by Crippen LogP contribution is 2.24. The summed E-state index contributed by atoms with van der Waals surface area (Å²) in [7, 11) is 0. The highest BCUT2D eigenvalue weighted by atomic mass is 19.1. The molecule has 8 heteroatoms. The smallest absolute Gasteiger partial charge is 0.249 e. The van der Waals surface area contributed by atoms with Crippen molar-refractivity contribution in [2.75, 3.05) is 11.4 Å². The van der Waals surface area contributed by atoms with Crippen molar-refractivity contribution in [2.24, 2.45) is 0 Å². The molecule has 1 aliphatic heterocycles. The normalized spacial score (nSPS) is 19.2. The lowest BCUT2D eigenvalue weighted by molar-refractivity contribution is -0.130. The van der Waals surface area contributed by atoms with E-state index in [9.17, 15) is 14.0 Å². The summed E-state index contributed by atoms with van der Waals surface area (Å²) in [6, 6.07) is 4.89. The molecule has 2 aromatic rings. The van der Waals surface area contributed by atoms with E-state index in [4.69, 9.17) is 0 Å². The molecular formula is C16H18FN5O2. The third-order valence-electron chi connectivity index (χ3n) is 4.11. The second kappa shape index (κ2) is 6.77. The molecule has 1 N–H and O–H groups in total. The van der Waals surface area contributed by atoms with Gasteiger partial charge in [0, 0.05) is 6.54 Å². The lowest BCUT2D eigenvalue weighted by atomic mass is 10.0. The average Bonchev–Trinajstić information content (AvgIpc) is 3.11. The van der Waals surface area contributed by atoms with Gasteiger partial charge in [-0.1, -0.05) is 12.1 Å². The van der Waals surface area contributed by atoms with E-state index in [1.54, 1.807) is 25.1 Å². The van der Waals surface area contributed by atoms with E-state index in [0.29, 0.717) is 19.4 Å². The Hall–Kier alpha value is -2.77. The number of nitrogens with zero attached hydrogens (tertiary/aromatic N) is 4. The molecule has 0 saturated carbocycles. The predicted octanol–water partition coefficient (Wildman–Crippen LogP) is 1.29. The number of halogens is 1. The first-order chi connectivity index (χ1) is 11.6. The lowest BCUT2D eigenvalue weighted by Gasteiger charge is -2.33. The average molecular weight is 331 g/mol. The highest BCUT2D eigenvalue weighted by Gasteiger charge is 2.33. The number of benzene rings is 1. The molecule has 1 aliphatic rings. The van der Waals surface area contributed by atoms with E-state index in [1.165, 1.54) is 28.3 Å². The number of piperidine rings is 1. The van der Waals surface area contributed by atoms with Crippen molar-refractivity contribution in [1.82, 2.24) is 20.1 Å². The topological polar surface area (TPSA) is 80.1 Å². The lowest BCUT2D eigenvalue weighted by Crippen LogP contribution is -2.53. The van der Waals surface area contributed by atoms with Crippen molar-refractivity contribution >= 4 is 17.5 Å². The Bertz CT molecular complexity index is 734. The summed E-state index contributed by atoms with van der Waals surface area (Å²) < 4.78 is 15.4. The zero-order valence-electron chi connectivity index (χ0n) is 13.2. The number of carbonyl (C=O) groups is 2. The maximum Gasteiger partial charge on any atom is 0.249 e. The van der Waals surface area contributed by atoms with Gasteiger partial charge in [-0.3, -0.25) is 9.59 Å². The fourth-order valence-electron chi connectivity index (χ4n) is 2.75. The summed E-state index contributed by atoms with van der Waals surface area (Å²) >= 11 is 0. The van der Waals surface area contributed by atoms with Crippen LogP contribution in [-0.4, -0.2) is 39.2 Å². The van der Waals surface area contributed by atoms with Crippen molar-refractivity contribution in [3.8, 4) is 0 Å². The molecule has 2 unspecified atom stereocenters. The Morgan fingerprint density at radius 3 is 2.92 bits per heavy atom. The first-order valence-corrected chi connectivity index (χ1v) is 7.78. The quantitative estimate of drug-likeness (QED) is 0.915. The van der Waals surface area contributed by atoms with Crippen LogP contribution in [0.3, 0.4) is 0 Å². The minimum absolute atomic E-state index is 0.241. The molecule has 2 heterocycles. The van der Waals surface area contributed by atoms with Crippen LogP contribution in [0.5, 0.6) is 0 Å². The predicted molar refractivity (Wildman–Crippen MR) is 84.7 cm³/mol. The summed E-state index contributed by atoms with van der Waals surface area (Å²) in [6.45, 7) is 2.11. The molecule has 2 amide bonds. The summed E-state index contributed by atoms with van der Waals surface area (Å²) in [5.74, 6) is -1.08. The van der Waals surface area contributed by atoms with Crippen molar-refractivity contribution in [3.05, 3.63) is 42.7 Å². The van der Waals surface area contributed by atoms with Crippen molar-refractivity contribution in [3.63, 3.8) is 0 Å². The van der Waals surface area contributed by atoms with E-state index in [0.717, 1.165) is 0 Å². The molecule has 7 nitrogen and oxygen atoms in total. The zero-order valence-corrected chi connectivity index (χ0v) is 13.2. The van der Waals surface area contributed by atoms with Gasteiger partial charge in [-0.05, 0) is 31.9 Å². The van der Waals surface area contributed by atoms with Crippen LogP contribution in [0, 0.1) is 5.82 Å². The molecular weight excluding hydrogens is 313 g/mol. The third-order valence-corrected chi connectivity index (χ3v) is 4.11. The minimum atomic E-state index is -0.670. The molecule has 0 spiro atoms. The van der Waals surface area contributed by atoms with Gasteiger partial charge in [-0.25, -0.2) is 14.1 Å². The van der Waals surface area contributed by atoms with Gasteiger partial charge in [0.25, 0.3) is 0 Å². The van der Waals surface area contributed by atoms with Crippen LogP contribution >= 0.6 is 0 Å². The number of para-hydroxylation sites is 1. The molecule has 1 aromatic heterocycles. The fraction of sp³-hybridized carbons (Fsp3) is 0.375. The second-order valence-corrected chi connectivity index (χ2v) is 5.70. The minimum Gasteiger partial charge on any atom is -0.342 e. The molecule has 126 valence electrons. The SMILES string of the molecule is CC(C(=O)NC1CCCN(c2ccccc2F)C1=O)n1cncn1. The Balaban J connectivity index is 1.71. The molecule has 1 saturated heterocycles. The van der Waals surface area contributed by atoms with Gasteiger partial charge in [0.15, 0.2) is 0 Å². The number of anilines is 1. The van der Waals surface area contributed by atoms with Crippen LogP contribution < -0.4 is 10.2 Å². The van der Waals surface area contributed by atoms with Gasteiger partial charge in [-0.15, -0.1) is 0 Å². The molecule has 0 aliphatic carbocycles. The Labute approximate surface area is 138 Å². The monoisotopic (exact) mass is 331 g/mol. The van der Waals surface area contributed by atoms with E-state index in [2.05, 4.69) is 15.4 Å². The van der Waals surface area contributed by atoms with E-state index in [1.807, 2.05) is 0 Å². The van der Waals surface area contributed by atoms with Crippen LogP contribution in [0.25, 0.3) is 0 Å². The Morgan fingerprint density at radius 2 is 2.21 bits per heavy atom. The number of amides is 2. The standard InChI is InChI=1S/C16H18FN5O2/c1-11(22-10-18-9-19-22)15(23)20-13-6-4-8-21(16(13)24)14-7-3-2-5-12(14)17/h2-3,5,7,9-11,13H,4,6,8H2,1H3,(H,20,23). The largest absolute Gasteiger partial charge is 0.342 e. The first-order valence-electron chi connectivity index (χ1n) is 7.78. The van der Waals surface area contributed by atoms with E-state index >= 15 is 0 Å². The number of aromatic nitrogens is 3. The van der Waals surface area contributed by atoms with E-state index in [-0.39, 0.29) is 17.5 Å². The van der Waals surface area contributed by atoms with Crippen LogP contribution in [0.4, 0.5) is 10.1 Å². The molecule has 0 bridgehead atoms. The number of nitrogens with one attached hydrogen (secondary N) is 1. The number of carbonyl (C=O) groups excluding carboxylic acids is 2. The molecule has 24 heavy (non-hydrogen) atoms. The van der Waals surface area contributed by atoms with Gasteiger partial charge in [0.2, 0.25) is 11.8 Å². The van der Waals surface area contributed by atoms with Crippen LogP contribution in [0.1, 0.15) is 25.8 Å². The second-order valence-electron chi connectivity index (χ2n) is 5.70. The fourth-order valence-corrected chi connectivity index (χ4v) is 2.75. The van der Waals surface area contributed by atoms with Gasteiger partial charge in [0.1, 0.15) is 30.6 Å². The van der Waals surface area contributed by atoms with Crippen molar-refractivity contribution in [1.29, 1.82) is 0 Å². The molecule has 1 fully saturated rings. The first kappa shape index (κ1) is 16.1. The summed E-state index contributed by atoms with van der Waals surface area (Å²) in [6.07, 6.45) is 4.00. The van der Waals surface area contributed by atoms with Crippen molar-refractivity contribution < 1.29 is 14.0 Å². The van der Waals surface area contributed by atoms with Gasteiger partial charge in [-0.2, -0.15) is 5.10 Å². The molecule has 1 aromatic carbocycles. The zero-order chi connectivity index (χ0) is 17.1. The van der Waals surface area contributed by atoms with Gasteiger partial charge < -0.3 is 10.2 Å². The molecule has 2 atom stereocenters. The van der Waals surface area contributed by atoms with Crippen molar-refractivity contribution in [2.45, 2.75) is 31.8 Å². The Kier molecular flexibility index (Phi) is 4.54.